The summed E-state index contributed by atoms with van der Waals surface area (Å²) in [6.45, 7) is 9.50. The zero-order chi connectivity index (χ0) is 14.4. The largest absolute Gasteiger partial charge is 0.398 e. The number of rotatable bonds is 3. The lowest BCUT2D eigenvalue weighted by Crippen LogP contribution is -2.34. The summed E-state index contributed by atoms with van der Waals surface area (Å²) in [5.74, 6) is 0.271. The van der Waals surface area contributed by atoms with E-state index in [2.05, 4.69) is 17.0 Å². The summed E-state index contributed by atoms with van der Waals surface area (Å²) < 4.78 is 0. The van der Waals surface area contributed by atoms with Crippen LogP contribution >= 0.6 is 0 Å². The Hall–Kier alpha value is -1.35. The molecule has 3 nitrogen and oxygen atoms in total. The Morgan fingerprint density at radius 2 is 2.11 bits per heavy atom. The Balaban J connectivity index is 0.000000861. The number of carbonyl (C=O) groups is 1. The van der Waals surface area contributed by atoms with Crippen LogP contribution in [0.25, 0.3) is 0 Å². The summed E-state index contributed by atoms with van der Waals surface area (Å²) in [6.07, 6.45) is 2.09. The molecule has 1 aliphatic heterocycles. The molecule has 1 heterocycles. The van der Waals surface area contributed by atoms with E-state index in [0.29, 0.717) is 0 Å². The molecule has 0 bridgehead atoms. The molecule has 1 unspecified atom stereocenters. The van der Waals surface area contributed by atoms with Gasteiger partial charge in [-0.3, -0.25) is 9.69 Å². The van der Waals surface area contributed by atoms with Crippen LogP contribution < -0.4 is 5.73 Å². The maximum Gasteiger partial charge on any atom is 0.146 e. The molecule has 19 heavy (non-hydrogen) atoms. The van der Waals surface area contributed by atoms with Gasteiger partial charge in [-0.15, -0.1) is 0 Å². The van der Waals surface area contributed by atoms with Crippen LogP contribution in [0, 0.1) is 6.92 Å². The molecule has 1 atom stereocenters. The van der Waals surface area contributed by atoms with Crippen LogP contribution in [0.4, 0.5) is 5.69 Å². The average molecular weight is 262 g/mol. The lowest BCUT2D eigenvalue weighted by Gasteiger charge is -2.23. The number of Topliss-reactive ketones (excluding diaryl/α,β-unsaturated/α-hetero) is 1. The van der Waals surface area contributed by atoms with Crippen molar-refractivity contribution < 1.29 is 4.79 Å². The van der Waals surface area contributed by atoms with Crippen LogP contribution in [-0.4, -0.2) is 23.3 Å². The molecule has 1 fully saturated rings. The highest BCUT2D eigenvalue weighted by molar-refractivity contribution is 5.81. The van der Waals surface area contributed by atoms with Crippen molar-refractivity contribution in [3.05, 3.63) is 29.3 Å². The van der Waals surface area contributed by atoms with Crippen molar-refractivity contribution >= 4 is 11.5 Å². The molecule has 1 saturated heterocycles. The SMILES string of the molecule is CC.CC(=O)C1CCCN1Cc1ccc(C)cc1N. The number of nitrogens with two attached hydrogens (primary N) is 1. The molecular formula is C16H26N2O. The van der Waals surface area contributed by atoms with Gasteiger partial charge in [-0.25, -0.2) is 0 Å². The monoisotopic (exact) mass is 262 g/mol. The van der Waals surface area contributed by atoms with Crippen molar-refractivity contribution in [2.75, 3.05) is 12.3 Å². The molecule has 0 spiro atoms. The summed E-state index contributed by atoms with van der Waals surface area (Å²) >= 11 is 0. The Morgan fingerprint density at radius 1 is 1.42 bits per heavy atom. The fourth-order valence-electron chi connectivity index (χ4n) is 2.55. The highest BCUT2D eigenvalue weighted by Gasteiger charge is 2.28. The number of hydrogen-bond donors (Lipinski definition) is 1. The number of nitrogens with zero attached hydrogens (tertiary/aromatic N) is 1. The van der Waals surface area contributed by atoms with Gasteiger partial charge < -0.3 is 5.73 Å². The zero-order valence-electron chi connectivity index (χ0n) is 12.6. The van der Waals surface area contributed by atoms with Crippen molar-refractivity contribution in [3.8, 4) is 0 Å². The number of hydrogen-bond acceptors (Lipinski definition) is 3. The van der Waals surface area contributed by atoms with E-state index in [4.69, 9.17) is 5.73 Å². The van der Waals surface area contributed by atoms with Crippen LogP contribution in [0.15, 0.2) is 18.2 Å². The van der Waals surface area contributed by atoms with E-state index in [1.807, 2.05) is 26.8 Å². The standard InChI is InChI=1S/C14H20N2O.C2H6/c1-10-5-6-12(13(15)8-10)9-16-7-3-4-14(16)11(2)17;1-2/h5-6,8,14H,3-4,7,9,15H2,1-2H3;1-2H3. The molecule has 3 heteroatoms. The Kier molecular flexibility index (Phi) is 6.03. The third-order valence-corrected chi connectivity index (χ3v) is 3.51. The van der Waals surface area contributed by atoms with Gasteiger partial charge in [0.05, 0.1) is 6.04 Å². The second-order valence-corrected chi connectivity index (χ2v) is 4.94. The van der Waals surface area contributed by atoms with Crippen molar-refractivity contribution in [3.63, 3.8) is 0 Å². The van der Waals surface area contributed by atoms with Crippen LogP contribution in [0.3, 0.4) is 0 Å². The van der Waals surface area contributed by atoms with Gasteiger partial charge in [-0.2, -0.15) is 0 Å². The van der Waals surface area contributed by atoms with E-state index in [1.54, 1.807) is 6.92 Å². The normalized spacial score (nSPS) is 18.8. The van der Waals surface area contributed by atoms with Crippen LogP contribution in [-0.2, 0) is 11.3 Å². The molecule has 2 N–H and O–H groups in total. The van der Waals surface area contributed by atoms with Crippen LogP contribution in [0.2, 0.25) is 0 Å². The fraction of sp³-hybridized carbons (Fsp3) is 0.562. The van der Waals surface area contributed by atoms with E-state index in [1.165, 1.54) is 5.56 Å². The van der Waals surface area contributed by atoms with Crippen molar-refractivity contribution in [2.24, 2.45) is 0 Å². The second-order valence-electron chi connectivity index (χ2n) is 4.94. The summed E-state index contributed by atoms with van der Waals surface area (Å²) in [5, 5.41) is 0. The molecule has 1 aromatic rings. The first-order valence-corrected chi connectivity index (χ1v) is 7.17. The minimum Gasteiger partial charge on any atom is -0.398 e. The van der Waals surface area contributed by atoms with Gasteiger partial charge in [0, 0.05) is 12.2 Å². The molecule has 0 aliphatic carbocycles. The van der Waals surface area contributed by atoms with E-state index in [0.717, 1.165) is 37.2 Å². The van der Waals surface area contributed by atoms with Crippen LogP contribution in [0.5, 0.6) is 0 Å². The van der Waals surface area contributed by atoms with E-state index >= 15 is 0 Å². The molecule has 0 aromatic heterocycles. The average Bonchev–Trinajstić information content (AvgIpc) is 2.83. The number of aryl methyl sites for hydroxylation is 1. The predicted octanol–water partition coefficient (Wildman–Crippen LogP) is 3.16. The van der Waals surface area contributed by atoms with Gasteiger partial charge >= 0.3 is 0 Å². The first kappa shape index (κ1) is 15.7. The summed E-state index contributed by atoms with van der Waals surface area (Å²) in [6, 6.07) is 6.23. The highest BCUT2D eigenvalue weighted by atomic mass is 16.1. The molecule has 1 aromatic carbocycles. The van der Waals surface area contributed by atoms with Gasteiger partial charge in [-0.1, -0.05) is 26.0 Å². The highest BCUT2D eigenvalue weighted by Crippen LogP contribution is 2.23. The Labute approximate surface area is 116 Å². The first-order chi connectivity index (χ1) is 9.08. The molecular weight excluding hydrogens is 236 g/mol. The van der Waals surface area contributed by atoms with Crippen LogP contribution in [0.1, 0.15) is 44.7 Å². The van der Waals surface area contributed by atoms with E-state index < -0.39 is 0 Å². The van der Waals surface area contributed by atoms with Gasteiger partial charge in [0.25, 0.3) is 0 Å². The number of benzene rings is 1. The molecule has 1 aliphatic rings. The smallest absolute Gasteiger partial charge is 0.146 e. The summed E-state index contributed by atoms with van der Waals surface area (Å²) in [5.41, 5.74) is 9.15. The molecule has 0 radical (unpaired) electrons. The topological polar surface area (TPSA) is 46.3 Å². The maximum atomic E-state index is 11.5. The minimum absolute atomic E-state index is 0.0932. The lowest BCUT2D eigenvalue weighted by atomic mass is 10.1. The molecule has 0 amide bonds. The maximum absolute atomic E-state index is 11.5. The van der Waals surface area contributed by atoms with Gasteiger partial charge in [0.2, 0.25) is 0 Å². The minimum atomic E-state index is 0.0932. The van der Waals surface area contributed by atoms with E-state index in [9.17, 15) is 4.79 Å². The van der Waals surface area contributed by atoms with Gasteiger partial charge in [-0.05, 0) is 50.4 Å². The van der Waals surface area contributed by atoms with Crippen molar-refractivity contribution in [2.45, 2.75) is 53.1 Å². The number of anilines is 1. The molecule has 106 valence electrons. The number of carbonyl (C=O) groups excluding carboxylic acids is 1. The predicted molar refractivity (Wildman–Crippen MR) is 81.1 cm³/mol. The van der Waals surface area contributed by atoms with Gasteiger partial charge in [0.15, 0.2) is 0 Å². The third kappa shape index (κ3) is 4.06. The number of likely N-dealkylation sites (tertiary alicyclic amines) is 1. The van der Waals surface area contributed by atoms with E-state index in [-0.39, 0.29) is 11.8 Å². The van der Waals surface area contributed by atoms with Gasteiger partial charge in [0.1, 0.15) is 5.78 Å². The van der Waals surface area contributed by atoms with Crippen molar-refractivity contribution in [1.29, 1.82) is 0 Å². The summed E-state index contributed by atoms with van der Waals surface area (Å²) in [7, 11) is 0. The quantitative estimate of drug-likeness (QED) is 0.851. The number of ketones is 1. The molecule has 0 saturated carbocycles. The third-order valence-electron chi connectivity index (χ3n) is 3.51. The second kappa shape index (κ2) is 7.29. The zero-order valence-corrected chi connectivity index (χ0v) is 12.6. The Morgan fingerprint density at radius 3 is 2.68 bits per heavy atom. The fourth-order valence-corrected chi connectivity index (χ4v) is 2.55. The lowest BCUT2D eigenvalue weighted by molar-refractivity contribution is -0.121. The Bertz CT molecular complexity index is 429. The summed E-state index contributed by atoms with van der Waals surface area (Å²) in [4.78, 5) is 13.8. The number of nitrogen functional groups attached to an aromatic ring is 1. The van der Waals surface area contributed by atoms with Crippen molar-refractivity contribution in [1.82, 2.24) is 4.90 Å². The first-order valence-electron chi connectivity index (χ1n) is 7.17. The molecule has 2 rings (SSSR count).